The summed E-state index contributed by atoms with van der Waals surface area (Å²) in [6, 6.07) is 8.76. The van der Waals surface area contributed by atoms with Gasteiger partial charge < -0.3 is 29.7 Å². The Morgan fingerprint density at radius 2 is 1.77 bits per heavy atom. The first-order chi connectivity index (χ1) is 22.6. The van der Waals surface area contributed by atoms with Crippen LogP contribution in [0.1, 0.15) is 31.7 Å². The van der Waals surface area contributed by atoms with Crippen molar-refractivity contribution in [2.24, 2.45) is 0 Å². The van der Waals surface area contributed by atoms with E-state index >= 15 is 0 Å². The molecule has 4 heterocycles. The first kappa shape index (κ1) is 33.6. The predicted molar refractivity (Wildman–Crippen MR) is 196 cm³/mol. The number of rotatable bonds is 9. The molecule has 11 nitrogen and oxygen atoms in total. The van der Waals surface area contributed by atoms with Crippen molar-refractivity contribution in [3.05, 3.63) is 52.9 Å². The number of anilines is 5. The average molecular weight is 723 g/mol. The van der Waals surface area contributed by atoms with Gasteiger partial charge in [-0.15, -0.1) is 0 Å². The number of hydrogen-bond donors (Lipinski definition) is 2. The van der Waals surface area contributed by atoms with Crippen molar-refractivity contribution in [3.8, 4) is 5.75 Å². The zero-order chi connectivity index (χ0) is 33.1. The van der Waals surface area contributed by atoms with E-state index in [4.69, 9.17) is 9.72 Å². The number of aromatic nitrogens is 4. The molecule has 4 aromatic rings. The Bertz CT molecular complexity index is 1780. The first-order valence-corrected chi connectivity index (χ1v) is 19.8. The Labute approximate surface area is 286 Å². The van der Waals surface area contributed by atoms with Crippen molar-refractivity contribution in [1.82, 2.24) is 29.7 Å². The lowest BCUT2D eigenvalue weighted by Crippen LogP contribution is -2.45. The van der Waals surface area contributed by atoms with Crippen molar-refractivity contribution in [3.63, 3.8) is 0 Å². The number of methoxy groups -OCH3 is 1. The number of fused-ring (bicyclic) bond motifs is 1. The molecule has 0 radical (unpaired) electrons. The second-order valence-corrected chi connectivity index (χ2v) is 16.8. The van der Waals surface area contributed by atoms with Crippen LogP contribution in [0.4, 0.5) is 28.8 Å². The Morgan fingerprint density at radius 3 is 2.51 bits per heavy atom. The van der Waals surface area contributed by atoms with Gasteiger partial charge in [0.1, 0.15) is 24.2 Å². The number of likely N-dealkylation sites (tertiary alicyclic amines) is 1. The van der Waals surface area contributed by atoms with Crippen LogP contribution in [0.3, 0.4) is 0 Å². The maximum absolute atomic E-state index is 13.4. The van der Waals surface area contributed by atoms with Gasteiger partial charge in [0.25, 0.3) is 0 Å². The lowest BCUT2D eigenvalue weighted by molar-refractivity contribution is 0.127. The number of aryl methyl sites for hydroxylation is 1. The maximum Gasteiger partial charge on any atom is 0.229 e. The predicted octanol–water partition coefficient (Wildman–Crippen LogP) is 6.09. The van der Waals surface area contributed by atoms with E-state index in [1.54, 1.807) is 39.0 Å². The highest BCUT2D eigenvalue weighted by molar-refractivity contribution is 9.10. The minimum atomic E-state index is -2.74. The third-order valence-electron chi connectivity index (χ3n) is 9.25. The summed E-state index contributed by atoms with van der Waals surface area (Å²) in [5, 5.41) is 7.42. The van der Waals surface area contributed by atoms with Gasteiger partial charge in [-0.05, 0) is 98.8 Å². The zero-order valence-electron chi connectivity index (χ0n) is 28.0. The largest absolute Gasteiger partial charge is 0.494 e. The smallest absolute Gasteiger partial charge is 0.229 e. The molecule has 6 rings (SSSR count). The van der Waals surface area contributed by atoms with Crippen molar-refractivity contribution >= 4 is 68.2 Å². The van der Waals surface area contributed by atoms with Crippen molar-refractivity contribution < 1.29 is 9.30 Å². The van der Waals surface area contributed by atoms with Crippen LogP contribution in [0.25, 0.3) is 11.0 Å². The molecule has 250 valence electrons. The van der Waals surface area contributed by atoms with E-state index < -0.39 is 7.14 Å². The van der Waals surface area contributed by atoms with Gasteiger partial charge in [-0.25, -0.2) is 4.98 Å². The van der Waals surface area contributed by atoms with Crippen LogP contribution >= 0.6 is 23.1 Å². The molecule has 2 aliphatic heterocycles. The van der Waals surface area contributed by atoms with Crippen molar-refractivity contribution in [2.45, 2.75) is 38.6 Å². The van der Waals surface area contributed by atoms with Gasteiger partial charge >= 0.3 is 0 Å². The topological polar surface area (TPSA) is 112 Å². The minimum absolute atomic E-state index is 0.408. The van der Waals surface area contributed by atoms with Gasteiger partial charge in [0.2, 0.25) is 5.95 Å². The number of nitrogens with zero attached hydrogens (tertiary/aromatic N) is 7. The molecular weight excluding hydrogens is 677 g/mol. The molecule has 0 spiro atoms. The molecule has 2 aromatic heterocycles. The molecule has 0 amide bonds. The van der Waals surface area contributed by atoms with Crippen LogP contribution in [-0.4, -0.2) is 103 Å². The second kappa shape index (κ2) is 14.4. The Hall–Kier alpha value is -3.31. The van der Waals surface area contributed by atoms with Gasteiger partial charge in [0.05, 0.1) is 33.8 Å². The molecule has 0 bridgehead atoms. The Morgan fingerprint density at radius 1 is 0.979 bits per heavy atom. The highest BCUT2D eigenvalue weighted by Crippen LogP contribution is 2.41. The van der Waals surface area contributed by atoms with Gasteiger partial charge in [0, 0.05) is 62.6 Å². The van der Waals surface area contributed by atoms with Crippen LogP contribution < -0.4 is 25.6 Å². The molecule has 2 fully saturated rings. The standard InChI is InChI=1S/C34H45BrN9O2P/c1-6-23-20-28(30(46-3)21-29(23)44-15-7-14-43(18-19-44)24-10-16-42(2)17-11-24)40-34-38-22-25(35)33(41-34)39-27-9-8-26-31(37-13-12-36-26)32(27)47(4,5)45/h8-9,12-13,20-22,24H,6-7,10-11,14-19H2,1-5H3,(H2,38,39,40,41). The second-order valence-electron chi connectivity index (χ2n) is 12.8. The summed E-state index contributed by atoms with van der Waals surface area (Å²) in [7, 11) is 1.19. The van der Waals surface area contributed by atoms with E-state index in [-0.39, 0.29) is 0 Å². The van der Waals surface area contributed by atoms with E-state index in [9.17, 15) is 4.57 Å². The molecule has 2 aliphatic rings. The van der Waals surface area contributed by atoms with E-state index in [1.165, 1.54) is 37.2 Å². The minimum Gasteiger partial charge on any atom is -0.494 e. The Balaban J connectivity index is 1.24. The van der Waals surface area contributed by atoms with Crippen molar-refractivity contribution in [1.29, 1.82) is 0 Å². The number of halogens is 1. The summed E-state index contributed by atoms with van der Waals surface area (Å²) in [6.45, 7) is 12.3. The summed E-state index contributed by atoms with van der Waals surface area (Å²) >= 11 is 3.59. The molecule has 0 aliphatic carbocycles. The third-order valence-corrected chi connectivity index (χ3v) is 11.4. The fourth-order valence-electron chi connectivity index (χ4n) is 6.79. The van der Waals surface area contributed by atoms with E-state index in [0.29, 0.717) is 44.3 Å². The molecule has 0 unspecified atom stereocenters. The number of nitrogens with one attached hydrogen (secondary N) is 2. The van der Waals surface area contributed by atoms with Crippen molar-refractivity contribution in [2.75, 3.05) is 82.3 Å². The summed E-state index contributed by atoms with van der Waals surface area (Å²) < 4.78 is 20.0. The summed E-state index contributed by atoms with van der Waals surface area (Å²) in [5.41, 5.74) is 5.26. The number of hydrogen-bond acceptors (Lipinski definition) is 11. The van der Waals surface area contributed by atoms with Crippen LogP contribution in [0.5, 0.6) is 5.75 Å². The van der Waals surface area contributed by atoms with Crippen LogP contribution in [0.2, 0.25) is 0 Å². The van der Waals surface area contributed by atoms with Crippen LogP contribution in [0, 0.1) is 0 Å². The molecule has 2 N–H and O–H groups in total. The Kier molecular flexibility index (Phi) is 10.3. The lowest BCUT2D eigenvalue weighted by atomic mass is 10.0. The molecule has 47 heavy (non-hydrogen) atoms. The number of benzene rings is 2. The van der Waals surface area contributed by atoms with Crippen LogP contribution in [-0.2, 0) is 11.0 Å². The molecule has 13 heteroatoms. The van der Waals surface area contributed by atoms with Gasteiger partial charge in [-0.2, -0.15) is 4.98 Å². The van der Waals surface area contributed by atoms with E-state index in [2.05, 4.69) is 82.3 Å². The summed E-state index contributed by atoms with van der Waals surface area (Å²) in [4.78, 5) is 25.9. The van der Waals surface area contributed by atoms with Gasteiger partial charge in [-0.3, -0.25) is 14.9 Å². The van der Waals surface area contributed by atoms with Gasteiger partial charge in [0.15, 0.2) is 0 Å². The summed E-state index contributed by atoms with van der Waals surface area (Å²) in [5.74, 6) is 1.68. The van der Waals surface area contributed by atoms with E-state index in [0.717, 1.165) is 50.5 Å². The van der Waals surface area contributed by atoms with E-state index in [1.807, 2.05) is 12.1 Å². The fraction of sp³-hybridized carbons (Fsp3) is 0.471. The highest BCUT2D eigenvalue weighted by atomic mass is 79.9. The van der Waals surface area contributed by atoms with Gasteiger partial charge in [-0.1, -0.05) is 6.92 Å². The maximum atomic E-state index is 13.4. The highest BCUT2D eigenvalue weighted by Gasteiger charge is 2.27. The molecule has 2 aromatic carbocycles. The summed E-state index contributed by atoms with van der Waals surface area (Å²) in [6.07, 6.45) is 9.51. The lowest BCUT2D eigenvalue weighted by Gasteiger charge is -2.36. The SMILES string of the molecule is CCc1cc(Nc2ncc(Br)c(Nc3ccc4nccnc4c3P(C)(C)=O)n2)c(OC)cc1N1CCCN(C2CCN(C)CC2)CC1. The van der Waals surface area contributed by atoms with Crippen LogP contribution in [0.15, 0.2) is 47.3 Å². The number of piperidine rings is 1. The molecule has 0 saturated carbocycles. The molecule has 0 atom stereocenters. The fourth-order valence-corrected chi connectivity index (χ4v) is 8.48. The zero-order valence-corrected chi connectivity index (χ0v) is 30.4. The normalized spacial score (nSPS) is 17.1. The monoisotopic (exact) mass is 721 g/mol. The molecule has 2 saturated heterocycles. The average Bonchev–Trinajstić information content (AvgIpc) is 3.32. The quantitative estimate of drug-likeness (QED) is 0.196. The number of ether oxygens (including phenoxy) is 1. The third kappa shape index (κ3) is 7.56. The first-order valence-electron chi connectivity index (χ1n) is 16.4. The molecular formula is C34H45BrN9O2P.